The van der Waals surface area contributed by atoms with Gasteiger partial charge in [-0.3, -0.25) is 9.79 Å². The Morgan fingerprint density at radius 1 is 1.29 bits per heavy atom. The van der Waals surface area contributed by atoms with Gasteiger partial charge in [0.2, 0.25) is 0 Å². The van der Waals surface area contributed by atoms with Crippen LogP contribution in [-0.2, 0) is 20.9 Å². The molecular formula is C17H28IN3O3. The van der Waals surface area contributed by atoms with Crippen LogP contribution < -0.4 is 11.1 Å². The molecule has 24 heavy (non-hydrogen) atoms. The second kappa shape index (κ2) is 14.0. The van der Waals surface area contributed by atoms with Gasteiger partial charge in [0.05, 0.1) is 6.61 Å². The molecule has 0 radical (unpaired) electrons. The summed E-state index contributed by atoms with van der Waals surface area (Å²) in [5.74, 6) is 0.221. The first kappa shape index (κ1) is 22.6. The molecule has 136 valence electrons. The first-order valence-electron chi connectivity index (χ1n) is 7.86. The molecule has 6 nitrogen and oxygen atoms in total. The minimum atomic E-state index is -0.183. The highest BCUT2D eigenvalue weighted by molar-refractivity contribution is 14.0. The minimum absolute atomic E-state index is 0. The van der Waals surface area contributed by atoms with Gasteiger partial charge < -0.3 is 20.5 Å². The van der Waals surface area contributed by atoms with Crippen LogP contribution in [-0.4, -0.2) is 38.2 Å². The van der Waals surface area contributed by atoms with Crippen LogP contribution in [0, 0.1) is 0 Å². The quantitative estimate of drug-likeness (QED) is 0.189. The fraction of sp³-hybridized carbons (Fsp3) is 0.529. The Balaban J connectivity index is 0.00000529. The molecule has 0 fully saturated rings. The van der Waals surface area contributed by atoms with Crippen LogP contribution in [0.4, 0.5) is 0 Å². The predicted octanol–water partition coefficient (Wildman–Crippen LogP) is 2.46. The van der Waals surface area contributed by atoms with Crippen molar-refractivity contribution in [2.45, 2.75) is 38.8 Å². The zero-order valence-corrected chi connectivity index (χ0v) is 16.7. The van der Waals surface area contributed by atoms with Gasteiger partial charge in [0, 0.05) is 26.1 Å². The SMILES string of the molecule is COCC(C)NC(N)=NCCCCC(=O)OCc1ccccc1.I. The van der Waals surface area contributed by atoms with Gasteiger partial charge in [0.15, 0.2) is 5.96 Å². The summed E-state index contributed by atoms with van der Waals surface area (Å²) in [6.45, 7) is 3.45. The summed E-state index contributed by atoms with van der Waals surface area (Å²) in [6.07, 6.45) is 1.93. The average molecular weight is 449 g/mol. The molecular weight excluding hydrogens is 421 g/mol. The number of guanidine groups is 1. The summed E-state index contributed by atoms with van der Waals surface area (Å²) in [7, 11) is 1.64. The Morgan fingerprint density at radius 2 is 2.00 bits per heavy atom. The van der Waals surface area contributed by atoms with E-state index in [0.717, 1.165) is 18.4 Å². The van der Waals surface area contributed by atoms with Crippen molar-refractivity contribution in [1.29, 1.82) is 0 Å². The molecule has 0 aliphatic carbocycles. The molecule has 3 N–H and O–H groups in total. The topological polar surface area (TPSA) is 85.9 Å². The van der Waals surface area contributed by atoms with Gasteiger partial charge in [-0.25, -0.2) is 0 Å². The number of ether oxygens (including phenoxy) is 2. The third-order valence-corrected chi connectivity index (χ3v) is 3.12. The third-order valence-electron chi connectivity index (χ3n) is 3.12. The van der Waals surface area contributed by atoms with Crippen molar-refractivity contribution < 1.29 is 14.3 Å². The van der Waals surface area contributed by atoms with Crippen molar-refractivity contribution in [2.24, 2.45) is 10.7 Å². The molecule has 1 rings (SSSR count). The Labute approximate surface area is 161 Å². The highest BCUT2D eigenvalue weighted by atomic mass is 127. The number of nitrogens with two attached hydrogens (primary N) is 1. The number of methoxy groups -OCH3 is 1. The number of benzene rings is 1. The van der Waals surface area contributed by atoms with Crippen LogP contribution >= 0.6 is 24.0 Å². The number of carbonyl (C=O) groups is 1. The molecule has 0 bridgehead atoms. The van der Waals surface area contributed by atoms with Crippen LogP contribution in [0.15, 0.2) is 35.3 Å². The van der Waals surface area contributed by atoms with Crippen molar-refractivity contribution in [2.75, 3.05) is 20.3 Å². The Kier molecular flexibility index (Phi) is 13.2. The summed E-state index contributed by atoms with van der Waals surface area (Å²) in [6, 6.07) is 9.77. The lowest BCUT2D eigenvalue weighted by Gasteiger charge is -2.12. The van der Waals surface area contributed by atoms with Gasteiger partial charge in [-0.05, 0) is 25.3 Å². The lowest BCUT2D eigenvalue weighted by Crippen LogP contribution is -2.40. The zero-order chi connectivity index (χ0) is 16.9. The normalized spacial score (nSPS) is 12.2. The number of nitrogens with zero attached hydrogens (tertiary/aromatic N) is 1. The van der Waals surface area contributed by atoms with Crippen LogP contribution in [0.3, 0.4) is 0 Å². The number of halogens is 1. The largest absolute Gasteiger partial charge is 0.461 e. The molecule has 0 aliphatic rings. The average Bonchev–Trinajstić information content (AvgIpc) is 2.53. The number of rotatable bonds is 10. The van der Waals surface area contributed by atoms with E-state index < -0.39 is 0 Å². The highest BCUT2D eigenvalue weighted by Crippen LogP contribution is 2.04. The van der Waals surface area contributed by atoms with E-state index in [4.69, 9.17) is 15.2 Å². The van der Waals surface area contributed by atoms with Crippen LogP contribution in [0.5, 0.6) is 0 Å². The molecule has 0 heterocycles. The molecule has 0 amide bonds. The first-order valence-corrected chi connectivity index (χ1v) is 7.86. The molecule has 1 aromatic rings. The molecule has 1 unspecified atom stereocenters. The lowest BCUT2D eigenvalue weighted by molar-refractivity contribution is -0.145. The maximum absolute atomic E-state index is 11.6. The van der Waals surface area contributed by atoms with Crippen molar-refractivity contribution in [3.63, 3.8) is 0 Å². The van der Waals surface area contributed by atoms with E-state index in [-0.39, 0.29) is 36.0 Å². The van der Waals surface area contributed by atoms with E-state index >= 15 is 0 Å². The summed E-state index contributed by atoms with van der Waals surface area (Å²) in [5, 5.41) is 3.03. The number of nitrogens with one attached hydrogen (secondary N) is 1. The molecule has 0 aromatic heterocycles. The molecule has 1 aromatic carbocycles. The molecule has 0 saturated carbocycles. The number of hydrogen-bond donors (Lipinski definition) is 2. The first-order chi connectivity index (χ1) is 11.1. The Hall–Kier alpha value is -1.35. The van der Waals surface area contributed by atoms with Gasteiger partial charge in [-0.2, -0.15) is 0 Å². The van der Waals surface area contributed by atoms with E-state index in [0.29, 0.717) is 32.1 Å². The van der Waals surface area contributed by atoms with Crippen molar-refractivity contribution in [3.05, 3.63) is 35.9 Å². The summed E-state index contributed by atoms with van der Waals surface area (Å²) in [4.78, 5) is 15.8. The molecule has 0 saturated heterocycles. The molecule has 0 spiro atoms. The minimum Gasteiger partial charge on any atom is -0.461 e. The molecule has 0 aliphatic heterocycles. The maximum Gasteiger partial charge on any atom is 0.306 e. The second-order valence-electron chi connectivity index (χ2n) is 5.37. The molecule has 1 atom stereocenters. The fourth-order valence-electron chi connectivity index (χ4n) is 1.98. The van der Waals surface area contributed by atoms with Gasteiger partial charge >= 0.3 is 5.97 Å². The maximum atomic E-state index is 11.6. The predicted molar refractivity (Wildman–Crippen MR) is 106 cm³/mol. The molecule has 7 heteroatoms. The summed E-state index contributed by atoms with van der Waals surface area (Å²) in [5.41, 5.74) is 6.75. The van der Waals surface area contributed by atoms with Crippen LogP contribution in [0.25, 0.3) is 0 Å². The zero-order valence-electron chi connectivity index (χ0n) is 14.4. The van der Waals surface area contributed by atoms with Gasteiger partial charge in [0.1, 0.15) is 6.61 Å². The van der Waals surface area contributed by atoms with Crippen molar-refractivity contribution >= 4 is 35.9 Å². The number of carbonyl (C=O) groups excluding carboxylic acids is 1. The Morgan fingerprint density at radius 3 is 2.67 bits per heavy atom. The standard InChI is InChI=1S/C17H27N3O3.HI/c1-14(12-22-2)20-17(18)19-11-7-6-10-16(21)23-13-15-8-4-3-5-9-15;/h3-5,8-9,14H,6-7,10-13H2,1-2H3,(H3,18,19,20);1H. The highest BCUT2D eigenvalue weighted by Gasteiger charge is 2.04. The fourth-order valence-corrected chi connectivity index (χ4v) is 1.98. The van der Waals surface area contributed by atoms with Gasteiger partial charge in [-0.15, -0.1) is 24.0 Å². The van der Waals surface area contributed by atoms with Crippen LogP contribution in [0.2, 0.25) is 0 Å². The van der Waals surface area contributed by atoms with E-state index in [1.54, 1.807) is 7.11 Å². The number of unbranched alkanes of at least 4 members (excludes halogenated alkanes) is 1. The number of hydrogen-bond acceptors (Lipinski definition) is 4. The van der Waals surface area contributed by atoms with Gasteiger partial charge in [0.25, 0.3) is 0 Å². The second-order valence-corrected chi connectivity index (χ2v) is 5.37. The smallest absolute Gasteiger partial charge is 0.306 e. The monoisotopic (exact) mass is 449 g/mol. The van der Waals surface area contributed by atoms with E-state index in [1.807, 2.05) is 37.3 Å². The number of esters is 1. The van der Waals surface area contributed by atoms with Crippen LogP contribution in [0.1, 0.15) is 31.7 Å². The van der Waals surface area contributed by atoms with E-state index in [2.05, 4.69) is 10.3 Å². The van der Waals surface area contributed by atoms with Crippen molar-refractivity contribution in [1.82, 2.24) is 5.32 Å². The lowest BCUT2D eigenvalue weighted by atomic mass is 10.2. The van der Waals surface area contributed by atoms with E-state index in [9.17, 15) is 4.79 Å². The Bertz CT molecular complexity index is 483. The summed E-state index contributed by atoms with van der Waals surface area (Å²) < 4.78 is 10.2. The third kappa shape index (κ3) is 11.2. The summed E-state index contributed by atoms with van der Waals surface area (Å²) >= 11 is 0. The number of aliphatic imine (C=N–C) groups is 1. The van der Waals surface area contributed by atoms with Gasteiger partial charge in [-0.1, -0.05) is 30.3 Å². The van der Waals surface area contributed by atoms with E-state index in [1.165, 1.54) is 0 Å². The van der Waals surface area contributed by atoms with Crippen molar-refractivity contribution in [3.8, 4) is 0 Å².